The molecule has 2 N–H and O–H groups in total. The van der Waals surface area contributed by atoms with Crippen LogP contribution in [0.25, 0.3) is 0 Å². The smallest absolute Gasteiger partial charge is 0.305 e. The van der Waals surface area contributed by atoms with Gasteiger partial charge in [0.15, 0.2) is 0 Å². The second-order valence-corrected chi connectivity index (χ2v) is 5.26. The van der Waals surface area contributed by atoms with Crippen molar-refractivity contribution in [2.45, 2.75) is 51.2 Å². The Kier molecular flexibility index (Phi) is 4.22. The summed E-state index contributed by atoms with van der Waals surface area (Å²) in [5.41, 5.74) is 0. The first-order chi connectivity index (χ1) is 8.61. The summed E-state index contributed by atoms with van der Waals surface area (Å²) in [6.07, 6.45) is 3.64. The molecule has 2 fully saturated rings. The van der Waals surface area contributed by atoms with Crippen molar-refractivity contribution in [2.24, 2.45) is 11.8 Å². The Balaban J connectivity index is 1.89. The van der Waals surface area contributed by atoms with Crippen molar-refractivity contribution in [1.29, 1.82) is 0 Å². The summed E-state index contributed by atoms with van der Waals surface area (Å²) in [6.45, 7) is 2.63. The number of carbonyl (C=O) groups excluding carboxylic acids is 1. The lowest BCUT2D eigenvalue weighted by atomic mass is 9.97. The van der Waals surface area contributed by atoms with Crippen LogP contribution >= 0.6 is 0 Å². The van der Waals surface area contributed by atoms with Crippen molar-refractivity contribution in [1.82, 2.24) is 5.32 Å². The third kappa shape index (κ3) is 3.22. The first-order valence-corrected chi connectivity index (χ1v) is 6.75. The molecule has 5 nitrogen and oxygen atoms in total. The van der Waals surface area contributed by atoms with Crippen LogP contribution in [0.1, 0.15) is 39.0 Å². The van der Waals surface area contributed by atoms with Crippen LogP contribution < -0.4 is 5.32 Å². The lowest BCUT2D eigenvalue weighted by Crippen LogP contribution is -2.43. The largest absolute Gasteiger partial charge is 0.481 e. The molecule has 5 heteroatoms. The summed E-state index contributed by atoms with van der Waals surface area (Å²) >= 11 is 0. The van der Waals surface area contributed by atoms with Gasteiger partial charge in [0, 0.05) is 12.6 Å². The topological polar surface area (TPSA) is 75.6 Å². The molecule has 2 rings (SSSR count). The minimum atomic E-state index is -0.845. The lowest BCUT2D eigenvalue weighted by Gasteiger charge is -2.21. The highest BCUT2D eigenvalue weighted by Gasteiger charge is 2.38. The van der Waals surface area contributed by atoms with Crippen LogP contribution in [0.5, 0.6) is 0 Å². The number of amides is 1. The molecule has 0 aromatic heterocycles. The summed E-state index contributed by atoms with van der Waals surface area (Å²) in [4.78, 5) is 22.9. The van der Waals surface area contributed by atoms with Gasteiger partial charge in [-0.1, -0.05) is 6.92 Å². The van der Waals surface area contributed by atoms with Gasteiger partial charge in [-0.15, -0.1) is 0 Å². The molecular weight excluding hydrogens is 234 g/mol. The molecule has 1 aliphatic carbocycles. The first-order valence-electron chi connectivity index (χ1n) is 6.75. The molecule has 3 atom stereocenters. The summed E-state index contributed by atoms with van der Waals surface area (Å²) < 4.78 is 5.50. The molecule has 1 saturated carbocycles. The summed E-state index contributed by atoms with van der Waals surface area (Å²) in [6, 6.07) is -0.201. The molecule has 18 heavy (non-hydrogen) atoms. The highest BCUT2D eigenvalue weighted by molar-refractivity contribution is 5.80. The maximum absolute atomic E-state index is 12.2. The standard InChI is InChI=1S/C13H21NO4/c1-2-11-9(5-6-18-11)13(17)14-10(7-12(15)16)8-3-4-8/h8-11H,2-7H2,1H3,(H,14,17)(H,15,16). The predicted molar refractivity (Wildman–Crippen MR) is 65.0 cm³/mol. The third-order valence-corrected chi connectivity index (χ3v) is 3.86. The quantitative estimate of drug-likeness (QED) is 0.747. The molecule has 0 aromatic rings. The van der Waals surface area contributed by atoms with Crippen LogP contribution in [-0.2, 0) is 14.3 Å². The molecule has 0 radical (unpaired) electrons. The van der Waals surface area contributed by atoms with Crippen molar-refractivity contribution in [3.8, 4) is 0 Å². The van der Waals surface area contributed by atoms with Gasteiger partial charge in [-0.05, 0) is 31.6 Å². The van der Waals surface area contributed by atoms with E-state index < -0.39 is 5.97 Å². The van der Waals surface area contributed by atoms with Crippen molar-refractivity contribution >= 4 is 11.9 Å². The fourth-order valence-corrected chi connectivity index (χ4v) is 2.66. The minimum Gasteiger partial charge on any atom is -0.481 e. The number of carbonyl (C=O) groups is 2. The van der Waals surface area contributed by atoms with Crippen LogP contribution in [0.15, 0.2) is 0 Å². The van der Waals surface area contributed by atoms with Gasteiger partial charge < -0.3 is 15.2 Å². The number of hydrogen-bond acceptors (Lipinski definition) is 3. The number of carboxylic acid groups (broad SMARTS) is 1. The van der Waals surface area contributed by atoms with Crippen molar-refractivity contribution in [3.63, 3.8) is 0 Å². The monoisotopic (exact) mass is 255 g/mol. The average Bonchev–Trinajstić information content (AvgIpc) is 3.05. The number of hydrogen-bond donors (Lipinski definition) is 2. The van der Waals surface area contributed by atoms with E-state index >= 15 is 0 Å². The average molecular weight is 255 g/mol. The number of aliphatic carboxylic acids is 1. The third-order valence-electron chi connectivity index (χ3n) is 3.86. The molecule has 0 aromatic carbocycles. The molecule has 0 bridgehead atoms. The van der Waals surface area contributed by atoms with E-state index in [4.69, 9.17) is 9.84 Å². The zero-order valence-electron chi connectivity index (χ0n) is 10.7. The maximum atomic E-state index is 12.2. The van der Waals surface area contributed by atoms with E-state index in [1.54, 1.807) is 0 Å². The normalized spacial score (nSPS) is 28.9. The molecule has 1 amide bonds. The van der Waals surface area contributed by atoms with E-state index in [0.717, 1.165) is 25.7 Å². The van der Waals surface area contributed by atoms with Gasteiger partial charge in [0.25, 0.3) is 0 Å². The van der Waals surface area contributed by atoms with Gasteiger partial charge in [-0.2, -0.15) is 0 Å². The van der Waals surface area contributed by atoms with Crippen molar-refractivity contribution in [3.05, 3.63) is 0 Å². The maximum Gasteiger partial charge on any atom is 0.305 e. The Bertz CT molecular complexity index is 327. The summed E-state index contributed by atoms with van der Waals surface area (Å²) in [5, 5.41) is 11.8. The lowest BCUT2D eigenvalue weighted by molar-refractivity contribution is -0.138. The fraction of sp³-hybridized carbons (Fsp3) is 0.846. The molecule has 2 aliphatic rings. The van der Waals surface area contributed by atoms with E-state index in [-0.39, 0.29) is 30.4 Å². The van der Waals surface area contributed by atoms with Gasteiger partial charge in [0.1, 0.15) is 0 Å². The van der Waals surface area contributed by atoms with Crippen molar-refractivity contribution < 1.29 is 19.4 Å². The number of carboxylic acids is 1. The SMILES string of the molecule is CCC1OCCC1C(=O)NC(CC(=O)O)C1CC1. The molecule has 0 spiro atoms. The predicted octanol–water partition coefficient (Wildman–Crippen LogP) is 1.17. The molecule has 3 unspecified atom stereocenters. The Hall–Kier alpha value is -1.10. The van der Waals surface area contributed by atoms with Crippen molar-refractivity contribution in [2.75, 3.05) is 6.61 Å². The zero-order valence-corrected chi connectivity index (χ0v) is 10.7. The Morgan fingerprint density at radius 1 is 1.39 bits per heavy atom. The van der Waals surface area contributed by atoms with Gasteiger partial charge >= 0.3 is 5.97 Å². The van der Waals surface area contributed by atoms with Gasteiger partial charge in [-0.3, -0.25) is 9.59 Å². The minimum absolute atomic E-state index is 0.00492. The van der Waals surface area contributed by atoms with Crippen LogP contribution in [0.4, 0.5) is 0 Å². The first kappa shape index (κ1) is 13.3. The van der Waals surface area contributed by atoms with E-state index in [0.29, 0.717) is 12.5 Å². The second-order valence-electron chi connectivity index (χ2n) is 5.26. The molecular formula is C13H21NO4. The second kappa shape index (κ2) is 5.69. The van der Waals surface area contributed by atoms with Crippen LogP contribution in [-0.4, -0.2) is 35.7 Å². The molecule has 1 saturated heterocycles. The number of nitrogens with one attached hydrogen (secondary N) is 1. The van der Waals surface area contributed by atoms with Crippen LogP contribution in [0.3, 0.4) is 0 Å². The Labute approximate surface area is 107 Å². The zero-order chi connectivity index (χ0) is 13.1. The highest BCUT2D eigenvalue weighted by Crippen LogP contribution is 2.34. The van der Waals surface area contributed by atoms with E-state index in [9.17, 15) is 9.59 Å². The summed E-state index contributed by atoms with van der Waals surface area (Å²) in [7, 11) is 0. The number of rotatable bonds is 6. The van der Waals surface area contributed by atoms with Crippen LogP contribution in [0.2, 0.25) is 0 Å². The van der Waals surface area contributed by atoms with Gasteiger partial charge in [-0.25, -0.2) is 0 Å². The molecule has 1 aliphatic heterocycles. The molecule has 102 valence electrons. The van der Waals surface area contributed by atoms with Gasteiger partial charge in [0.2, 0.25) is 5.91 Å². The van der Waals surface area contributed by atoms with Gasteiger partial charge in [0.05, 0.1) is 18.4 Å². The van der Waals surface area contributed by atoms with E-state index in [2.05, 4.69) is 5.32 Å². The van der Waals surface area contributed by atoms with E-state index in [1.165, 1.54) is 0 Å². The summed E-state index contributed by atoms with van der Waals surface area (Å²) in [5.74, 6) is -0.628. The Morgan fingerprint density at radius 2 is 2.11 bits per heavy atom. The van der Waals surface area contributed by atoms with Crippen LogP contribution in [0, 0.1) is 11.8 Å². The van der Waals surface area contributed by atoms with E-state index in [1.807, 2.05) is 6.92 Å². The number of ether oxygens (including phenoxy) is 1. The highest BCUT2D eigenvalue weighted by atomic mass is 16.5. The Morgan fingerprint density at radius 3 is 2.67 bits per heavy atom. The molecule has 1 heterocycles. The fourth-order valence-electron chi connectivity index (χ4n) is 2.66.